The Labute approximate surface area is 222 Å². The SMILES string of the molecule is CCC(CC)(c1ccc(OCC(=O)C(C)(C)C)c(C)c1)c1ccc(OCc2ccc(C=O)cc2)c(C)c1. The lowest BCUT2D eigenvalue weighted by Gasteiger charge is -2.34. The summed E-state index contributed by atoms with van der Waals surface area (Å²) < 4.78 is 12.0. The van der Waals surface area contributed by atoms with Gasteiger partial charge in [-0.3, -0.25) is 9.59 Å². The van der Waals surface area contributed by atoms with E-state index >= 15 is 0 Å². The number of ketones is 1. The molecule has 37 heavy (non-hydrogen) atoms. The first-order valence-electron chi connectivity index (χ1n) is 13.1. The highest BCUT2D eigenvalue weighted by molar-refractivity contribution is 5.85. The summed E-state index contributed by atoms with van der Waals surface area (Å²) in [5.41, 5.74) is 5.75. The molecule has 0 aromatic heterocycles. The van der Waals surface area contributed by atoms with Crippen molar-refractivity contribution in [3.63, 3.8) is 0 Å². The molecule has 0 heterocycles. The van der Waals surface area contributed by atoms with Crippen LogP contribution in [-0.2, 0) is 16.8 Å². The topological polar surface area (TPSA) is 52.6 Å². The van der Waals surface area contributed by atoms with E-state index in [0.717, 1.165) is 47.3 Å². The zero-order valence-corrected chi connectivity index (χ0v) is 23.3. The van der Waals surface area contributed by atoms with Gasteiger partial charge in [-0.2, -0.15) is 0 Å². The van der Waals surface area contributed by atoms with Gasteiger partial charge in [0.15, 0.2) is 5.78 Å². The fraction of sp³-hybridized carbons (Fsp3) is 0.394. The molecular weight excluding hydrogens is 460 g/mol. The molecule has 0 unspecified atom stereocenters. The van der Waals surface area contributed by atoms with E-state index in [1.807, 2.05) is 45.9 Å². The van der Waals surface area contributed by atoms with Crippen LogP contribution < -0.4 is 9.47 Å². The van der Waals surface area contributed by atoms with Crippen molar-refractivity contribution in [2.75, 3.05) is 6.61 Å². The molecule has 0 aliphatic heterocycles. The predicted octanol–water partition coefficient (Wildman–Crippen LogP) is 7.80. The van der Waals surface area contributed by atoms with E-state index in [-0.39, 0.29) is 17.8 Å². The number of Topliss-reactive ketones (excluding diaryl/α,β-unsaturated/α-hetero) is 1. The number of carbonyl (C=O) groups is 2. The van der Waals surface area contributed by atoms with Gasteiger partial charge in [-0.25, -0.2) is 0 Å². The average molecular weight is 501 g/mol. The van der Waals surface area contributed by atoms with E-state index in [1.165, 1.54) is 11.1 Å². The fourth-order valence-corrected chi connectivity index (χ4v) is 4.66. The molecule has 3 aromatic rings. The third kappa shape index (κ3) is 6.49. The van der Waals surface area contributed by atoms with Crippen LogP contribution in [0.5, 0.6) is 11.5 Å². The van der Waals surface area contributed by atoms with Crippen LogP contribution in [0.15, 0.2) is 60.7 Å². The Morgan fingerprint density at radius 2 is 1.30 bits per heavy atom. The molecule has 0 spiro atoms. The molecule has 196 valence electrons. The summed E-state index contributed by atoms with van der Waals surface area (Å²) >= 11 is 0. The van der Waals surface area contributed by atoms with Crippen LogP contribution in [0.4, 0.5) is 0 Å². The van der Waals surface area contributed by atoms with Crippen molar-refractivity contribution < 1.29 is 19.1 Å². The van der Waals surface area contributed by atoms with Crippen molar-refractivity contribution in [1.29, 1.82) is 0 Å². The molecule has 0 atom stereocenters. The van der Waals surface area contributed by atoms with Gasteiger partial charge >= 0.3 is 0 Å². The molecule has 0 radical (unpaired) electrons. The fourth-order valence-electron chi connectivity index (χ4n) is 4.66. The van der Waals surface area contributed by atoms with Gasteiger partial charge in [0.2, 0.25) is 0 Å². The molecule has 4 heteroatoms. The van der Waals surface area contributed by atoms with Crippen LogP contribution >= 0.6 is 0 Å². The third-order valence-corrected chi connectivity index (χ3v) is 7.37. The van der Waals surface area contributed by atoms with E-state index in [1.54, 1.807) is 12.1 Å². The predicted molar refractivity (Wildman–Crippen MR) is 150 cm³/mol. The lowest BCUT2D eigenvalue weighted by atomic mass is 9.70. The van der Waals surface area contributed by atoms with Crippen molar-refractivity contribution in [1.82, 2.24) is 0 Å². The largest absolute Gasteiger partial charge is 0.489 e. The Morgan fingerprint density at radius 1 is 0.784 bits per heavy atom. The highest BCUT2D eigenvalue weighted by Crippen LogP contribution is 2.41. The van der Waals surface area contributed by atoms with Crippen LogP contribution in [0.25, 0.3) is 0 Å². The van der Waals surface area contributed by atoms with Gasteiger partial charge in [0, 0.05) is 16.4 Å². The molecule has 0 N–H and O–H groups in total. The lowest BCUT2D eigenvalue weighted by Crippen LogP contribution is -2.27. The minimum atomic E-state index is -0.415. The Morgan fingerprint density at radius 3 is 1.73 bits per heavy atom. The molecule has 0 saturated carbocycles. The Balaban J connectivity index is 1.82. The number of ether oxygens (including phenoxy) is 2. The molecule has 4 nitrogen and oxygen atoms in total. The van der Waals surface area contributed by atoms with Gasteiger partial charge in [-0.15, -0.1) is 0 Å². The number of aldehydes is 1. The Hall–Kier alpha value is -3.40. The van der Waals surface area contributed by atoms with Crippen molar-refractivity contribution in [2.45, 2.75) is 73.3 Å². The number of rotatable bonds is 11. The maximum Gasteiger partial charge on any atom is 0.175 e. The summed E-state index contributed by atoms with van der Waals surface area (Å²) in [5.74, 6) is 1.69. The normalized spacial score (nSPS) is 11.8. The van der Waals surface area contributed by atoms with Gasteiger partial charge in [0.1, 0.15) is 31.0 Å². The Kier molecular flexibility index (Phi) is 8.96. The van der Waals surface area contributed by atoms with E-state index in [4.69, 9.17) is 9.47 Å². The summed E-state index contributed by atoms with van der Waals surface area (Å²) in [7, 11) is 0. The van der Waals surface area contributed by atoms with Crippen LogP contribution in [0.3, 0.4) is 0 Å². The van der Waals surface area contributed by atoms with E-state index in [2.05, 4.69) is 51.1 Å². The zero-order valence-electron chi connectivity index (χ0n) is 23.3. The van der Waals surface area contributed by atoms with Crippen molar-refractivity contribution >= 4 is 12.1 Å². The van der Waals surface area contributed by atoms with Crippen LogP contribution in [0.2, 0.25) is 0 Å². The van der Waals surface area contributed by atoms with Crippen molar-refractivity contribution in [2.24, 2.45) is 5.41 Å². The van der Waals surface area contributed by atoms with E-state index < -0.39 is 5.41 Å². The smallest absolute Gasteiger partial charge is 0.175 e. The summed E-state index contributed by atoms with van der Waals surface area (Å²) in [4.78, 5) is 23.2. The molecule has 0 fully saturated rings. The van der Waals surface area contributed by atoms with Gasteiger partial charge in [0.25, 0.3) is 0 Å². The highest BCUT2D eigenvalue weighted by atomic mass is 16.5. The second-order valence-corrected chi connectivity index (χ2v) is 10.9. The van der Waals surface area contributed by atoms with Gasteiger partial charge in [-0.05, 0) is 66.6 Å². The number of benzene rings is 3. The maximum absolute atomic E-state index is 12.3. The van der Waals surface area contributed by atoms with Gasteiger partial charge in [-0.1, -0.05) is 83.1 Å². The number of carbonyl (C=O) groups excluding carboxylic acids is 2. The van der Waals surface area contributed by atoms with Crippen molar-refractivity contribution in [3.8, 4) is 11.5 Å². The van der Waals surface area contributed by atoms with E-state index in [9.17, 15) is 9.59 Å². The molecule has 0 saturated heterocycles. The van der Waals surface area contributed by atoms with Crippen LogP contribution in [0.1, 0.15) is 85.6 Å². The lowest BCUT2D eigenvalue weighted by molar-refractivity contribution is -0.128. The first-order chi connectivity index (χ1) is 17.5. The first kappa shape index (κ1) is 28.2. The average Bonchev–Trinajstić information content (AvgIpc) is 2.88. The Bertz CT molecular complexity index is 1230. The van der Waals surface area contributed by atoms with Crippen LogP contribution in [0, 0.1) is 19.3 Å². The van der Waals surface area contributed by atoms with E-state index in [0.29, 0.717) is 12.2 Å². The monoisotopic (exact) mass is 500 g/mol. The molecule has 3 aromatic carbocycles. The molecule has 0 aliphatic carbocycles. The second kappa shape index (κ2) is 11.8. The molecule has 3 rings (SSSR count). The zero-order chi connectivity index (χ0) is 27.2. The summed E-state index contributed by atoms with van der Waals surface area (Å²) in [6.07, 6.45) is 2.75. The van der Waals surface area contributed by atoms with Gasteiger partial charge in [0.05, 0.1) is 0 Å². The third-order valence-electron chi connectivity index (χ3n) is 7.37. The standard InChI is InChI=1S/C33H40O4/c1-8-33(9-2,28-15-17-30(24(4)19-28)37-22-31(35)32(5,6)7)27-14-16-29(23(3)18-27)36-21-26-12-10-25(20-34)11-13-26/h10-20H,8-9,21-22H2,1-7H3. The van der Waals surface area contributed by atoms with Gasteiger partial charge < -0.3 is 9.47 Å². The molecule has 0 bridgehead atoms. The minimum absolute atomic E-state index is 0.0816. The number of aryl methyl sites for hydroxylation is 2. The first-order valence-corrected chi connectivity index (χ1v) is 13.1. The quantitative estimate of drug-likeness (QED) is 0.252. The summed E-state index contributed by atoms with van der Waals surface area (Å²) in [6, 6.07) is 20.3. The highest BCUT2D eigenvalue weighted by Gasteiger charge is 2.31. The molecule has 0 aliphatic rings. The number of hydrogen-bond acceptors (Lipinski definition) is 4. The summed E-state index contributed by atoms with van der Waals surface area (Å²) in [6.45, 7) is 14.9. The second-order valence-electron chi connectivity index (χ2n) is 10.9. The van der Waals surface area contributed by atoms with Crippen molar-refractivity contribution in [3.05, 3.63) is 94.0 Å². The minimum Gasteiger partial charge on any atom is -0.489 e. The maximum atomic E-state index is 12.3. The molecule has 0 amide bonds. The van der Waals surface area contributed by atoms with Crippen LogP contribution in [-0.4, -0.2) is 18.7 Å². The molecular formula is C33H40O4. The number of hydrogen-bond donors (Lipinski definition) is 0. The summed E-state index contributed by atoms with van der Waals surface area (Å²) in [5, 5.41) is 0.